The molecule has 0 aromatic heterocycles. The van der Waals surface area contributed by atoms with Crippen molar-refractivity contribution in [1.29, 1.82) is 0 Å². The molecule has 7 nitrogen and oxygen atoms in total. The van der Waals surface area contributed by atoms with Crippen LogP contribution in [0.5, 0.6) is 11.5 Å². The Morgan fingerprint density at radius 3 is 2.63 bits per heavy atom. The Balaban J connectivity index is 0.00000261. The number of fused-ring (bicyclic) bond motifs is 1. The summed E-state index contributed by atoms with van der Waals surface area (Å²) in [6.45, 7) is 3.52. The molecule has 1 aliphatic heterocycles. The average Bonchev–Trinajstić information content (AvgIpc) is 3.12. The summed E-state index contributed by atoms with van der Waals surface area (Å²) in [7, 11) is 0. The second-order valence-corrected chi connectivity index (χ2v) is 5.65. The number of carbonyl (C=O) groups is 1. The maximum atomic E-state index is 12.0. The minimum absolute atomic E-state index is 0. The lowest BCUT2D eigenvalue weighted by Gasteiger charge is -2.11. The van der Waals surface area contributed by atoms with Gasteiger partial charge in [0.15, 0.2) is 17.5 Å². The number of anilines is 1. The molecule has 144 valence electrons. The topological polar surface area (TPSA) is 84.0 Å². The third-order valence-electron chi connectivity index (χ3n) is 3.67. The maximum Gasteiger partial charge on any atom is 0.243 e. The molecule has 0 bridgehead atoms. The van der Waals surface area contributed by atoms with E-state index < -0.39 is 0 Å². The third-order valence-corrected chi connectivity index (χ3v) is 3.67. The van der Waals surface area contributed by atoms with E-state index in [1.807, 2.05) is 55.5 Å². The van der Waals surface area contributed by atoms with Crippen molar-refractivity contribution in [2.45, 2.75) is 13.5 Å². The van der Waals surface area contributed by atoms with E-state index in [9.17, 15) is 4.79 Å². The maximum absolute atomic E-state index is 12.0. The zero-order valence-corrected chi connectivity index (χ0v) is 17.4. The fourth-order valence-corrected chi connectivity index (χ4v) is 2.44. The molecule has 3 N–H and O–H groups in total. The van der Waals surface area contributed by atoms with Crippen molar-refractivity contribution in [2.75, 3.05) is 25.2 Å². The molecule has 0 spiro atoms. The van der Waals surface area contributed by atoms with Crippen LogP contribution in [0.4, 0.5) is 5.69 Å². The molecule has 0 radical (unpaired) electrons. The number of carbonyl (C=O) groups excluding carboxylic acids is 1. The van der Waals surface area contributed by atoms with E-state index >= 15 is 0 Å². The van der Waals surface area contributed by atoms with Gasteiger partial charge in [0.05, 0.1) is 13.1 Å². The Kier molecular flexibility index (Phi) is 8.18. The summed E-state index contributed by atoms with van der Waals surface area (Å²) < 4.78 is 10.7. The Hall–Kier alpha value is -2.49. The Bertz CT molecular complexity index is 784. The summed E-state index contributed by atoms with van der Waals surface area (Å²) in [6.07, 6.45) is 0. The summed E-state index contributed by atoms with van der Waals surface area (Å²) >= 11 is 0. The van der Waals surface area contributed by atoms with E-state index in [-0.39, 0.29) is 43.2 Å². The van der Waals surface area contributed by atoms with E-state index in [2.05, 4.69) is 20.9 Å². The van der Waals surface area contributed by atoms with Crippen LogP contribution in [-0.4, -0.2) is 31.7 Å². The number of halogens is 1. The second kappa shape index (κ2) is 10.6. The van der Waals surface area contributed by atoms with Crippen molar-refractivity contribution in [3.8, 4) is 11.5 Å². The Labute approximate surface area is 175 Å². The lowest BCUT2D eigenvalue weighted by atomic mass is 10.2. The summed E-state index contributed by atoms with van der Waals surface area (Å²) in [5, 5.41) is 8.99. The zero-order chi connectivity index (χ0) is 18.2. The predicted molar refractivity (Wildman–Crippen MR) is 116 cm³/mol. The van der Waals surface area contributed by atoms with Crippen molar-refractivity contribution in [2.24, 2.45) is 4.99 Å². The summed E-state index contributed by atoms with van der Waals surface area (Å²) in [5.41, 5.74) is 1.77. The molecule has 1 amide bonds. The highest BCUT2D eigenvalue weighted by atomic mass is 127. The first-order valence-corrected chi connectivity index (χ1v) is 8.50. The van der Waals surface area contributed by atoms with Crippen molar-refractivity contribution in [3.63, 3.8) is 0 Å². The third kappa shape index (κ3) is 6.31. The molecule has 3 rings (SSSR count). The van der Waals surface area contributed by atoms with Crippen LogP contribution in [-0.2, 0) is 11.3 Å². The van der Waals surface area contributed by atoms with E-state index in [4.69, 9.17) is 9.47 Å². The monoisotopic (exact) mass is 482 g/mol. The quantitative estimate of drug-likeness (QED) is 0.335. The van der Waals surface area contributed by atoms with Gasteiger partial charge >= 0.3 is 0 Å². The number of aliphatic imine (C=N–C) groups is 1. The number of para-hydroxylation sites is 1. The largest absolute Gasteiger partial charge is 0.454 e. The number of ether oxygens (including phenoxy) is 2. The molecule has 0 unspecified atom stereocenters. The van der Waals surface area contributed by atoms with Gasteiger partial charge < -0.3 is 25.4 Å². The molecule has 1 aliphatic rings. The minimum atomic E-state index is -0.134. The van der Waals surface area contributed by atoms with Gasteiger partial charge in [-0.1, -0.05) is 24.3 Å². The normalized spacial score (nSPS) is 12.1. The fourth-order valence-electron chi connectivity index (χ4n) is 2.44. The zero-order valence-electron chi connectivity index (χ0n) is 15.0. The van der Waals surface area contributed by atoms with Gasteiger partial charge in [0.1, 0.15) is 0 Å². The van der Waals surface area contributed by atoms with E-state index in [0.717, 1.165) is 22.7 Å². The number of amides is 1. The van der Waals surface area contributed by atoms with Crippen LogP contribution in [0.1, 0.15) is 12.5 Å². The van der Waals surface area contributed by atoms with Crippen molar-refractivity contribution in [3.05, 3.63) is 54.1 Å². The smallest absolute Gasteiger partial charge is 0.243 e. The number of hydrogen-bond acceptors (Lipinski definition) is 4. The summed E-state index contributed by atoms with van der Waals surface area (Å²) in [6, 6.07) is 15.1. The highest BCUT2D eigenvalue weighted by Crippen LogP contribution is 2.32. The van der Waals surface area contributed by atoms with Crippen LogP contribution < -0.4 is 25.4 Å². The van der Waals surface area contributed by atoms with Gasteiger partial charge in [-0.25, -0.2) is 4.99 Å². The number of benzene rings is 2. The molecule has 2 aromatic carbocycles. The lowest BCUT2D eigenvalue weighted by molar-refractivity contribution is -0.115. The van der Waals surface area contributed by atoms with Crippen LogP contribution in [0, 0.1) is 0 Å². The van der Waals surface area contributed by atoms with Gasteiger partial charge in [-0.05, 0) is 36.8 Å². The van der Waals surface area contributed by atoms with Crippen molar-refractivity contribution < 1.29 is 14.3 Å². The minimum Gasteiger partial charge on any atom is -0.454 e. The van der Waals surface area contributed by atoms with Crippen LogP contribution in [0.2, 0.25) is 0 Å². The highest BCUT2D eigenvalue weighted by Gasteiger charge is 2.13. The number of nitrogens with zero attached hydrogens (tertiary/aromatic N) is 1. The first-order chi connectivity index (χ1) is 12.7. The molecule has 2 aromatic rings. The summed E-state index contributed by atoms with van der Waals surface area (Å²) in [4.78, 5) is 16.5. The number of nitrogens with one attached hydrogen (secondary N) is 3. The first kappa shape index (κ1) is 20.8. The molecule has 1 heterocycles. The van der Waals surface area contributed by atoms with Gasteiger partial charge in [-0.3, -0.25) is 4.79 Å². The highest BCUT2D eigenvalue weighted by molar-refractivity contribution is 14.0. The van der Waals surface area contributed by atoms with Crippen molar-refractivity contribution >= 4 is 41.5 Å². The van der Waals surface area contributed by atoms with Gasteiger partial charge in [-0.2, -0.15) is 0 Å². The second-order valence-electron chi connectivity index (χ2n) is 5.65. The molecule has 8 heteroatoms. The molecule has 0 fully saturated rings. The first-order valence-electron chi connectivity index (χ1n) is 8.50. The Morgan fingerprint density at radius 2 is 1.85 bits per heavy atom. The fraction of sp³-hybridized carbons (Fsp3) is 0.263. The SMILES string of the molecule is CCNC(=NCc1ccc2c(c1)OCO2)NCC(=O)Nc1ccccc1.I. The van der Waals surface area contributed by atoms with Gasteiger partial charge in [0.25, 0.3) is 0 Å². The molecule has 0 saturated heterocycles. The molecular weight excluding hydrogens is 459 g/mol. The standard InChI is InChI=1S/C19H22N4O3.HI/c1-2-20-19(22-12-18(24)23-15-6-4-3-5-7-15)21-11-14-8-9-16-17(10-14)26-13-25-16;/h3-10H,2,11-13H2,1H3,(H,23,24)(H2,20,21,22);1H. The van der Waals surface area contributed by atoms with Gasteiger partial charge in [-0.15, -0.1) is 24.0 Å². The van der Waals surface area contributed by atoms with Gasteiger partial charge in [0.2, 0.25) is 12.7 Å². The van der Waals surface area contributed by atoms with E-state index in [1.54, 1.807) is 0 Å². The van der Waals surface area contributed by atoms with Crippen molar-refractivity contribution in [1.82, 2.24) is 10.6 Å². The van der Waals surface area contributed by atoms with Crippen LogP contribution in [0.3, 0.4) is 0 Å². The van der Waals surface area contributed by atoms with Crippen LogP contribution in [0.15, 0.2) is 53.5 Å². The number of hydrogen-bond donors (Lipinski definition) is 3. The average molecular weight is 482 g/mol. The predicted octanol–water partition coefficient (Wildman–Crippen LogP) is 2.73. The molecule has 0 saturated carbocycles. The van der Waals surface area contributed by atoms with Crippen LogP contribution in [0.25, 0.3) is 0 Å². The Morgan fingerprint density at radius 1 is 1.07 bits per heavy atom. The summed E-state index contributed by atoms with van der Waals surface area (Å²) in [5.74, 6) is 1.93. The van der Waals surface area contributed by atoms with E-state index in [1.165, 1.54) is 0 Å². The molecular formula is C19H23IN4O3. The number of rotatable bonds is 6. The molecule has 0 aliphatic carbocycles. The lowest BCUT2D eigenvalue weighted by Crippen LogP contribution is -2.41. The number of guanidine groups is 1. The van der Waals surface area contributed by atoms with Gasteiger partial charge in [0, 0.05) is 12.2 Å². The van der Waals surface area contributed by atoms with Crippen LogP contribution >= 0.6 is 24.0 Å². The molecule has 27 heavy (non-hydrogen) atoms. The molecule has 0 atom stereocenters. The van der Waals surface area contributed by atoms with E-state index in [0.29, 0.717) is 19.0 Å².